The van der Waals surface area contributed by atoms with Gasteiger partial charge in [0.2, 0.25) is 5.91 Å². The molecule has 1 aliphatic rings. The molecule has 1 saturated heterocycles. The molecule has 0 spiro atoms. The molecule has 1 aliphatic heterocycles. The molecule has 0 aromatic heterocycles. The summed E-state index contributed by atoms with van der Waals surface area (Å²) in [7, 11) is 0. The molecule has 19 heavy (non-hydrogen) atoms. The fourth-order valence-electron chi connectivity index (χ4n) is 1.64. The van der Waals surface area contributed by atoms with Gasteiger partial charge in [-0.3, -0.25) is 9.79 Å². The minimum absolute atomic E-state index is 0. The summed E-state index contributed by atoms with van der Waals surface area (Å²) in [5.74, 6) is 0.499. The number of hydrogen-bond acceptors (Lipinski definition) is 3. The van der Waals surface area contributed by atoms with E-state index in [0.717, 1.165) is 13.1 Å². The molecule has 112 valence electrons. The summed E-state index contributed by atoms with van der Waals surface area (Å²) >= 11 is 0. The number of guanidine groups is 1. The Kier molecular flexibility index (Phi) is 8.31. The van der Waals surface area contributed by atoms with Gasteiger partial charge in [0.1, 0.15) is 0 Å². The van der Waals surface area contributed by atoms with Crippen molar-refractivity contribution in [1.29, 1.82) is 0 Å². The second-order valence-electron chi connectivity index (χ2n) is 5.02. The fourth-order valence-corrected chi connectivity index (χ4v) is 1.64. The van der Waals surface area contributed by atoms with E-state index in [2.05, 4.69) is 10.3 Å². The maximum absolute atomic E-state index is 11.8. The molecule has 7 heteroatoms. The van der Waals surface area contributed by atoms with E-state index in [1.807, 2.05) is 25.7 Å². The van der Waals surface area contributed by atoms with E-state index < -0.39 is 5.41 Å². The van der Waals surface area contributed by atoms with Crippen LogP contribution < -0.4 is 11.1 Å². The monoisotopic (exact) mass is 384 g/mol. The van der Waals surface area contributed by atoms with Gasteiger partial charge in [-0.1, -0.05) is 0 Å². The van der Waals surface area contributed by atoms with Crippen molar-refractivity contribution < 1.29 is 9.53 Å². The van der Waals surface area contributed by atoms with Crippen molar-refractivity contribution in [2.24, 2.45) is 16.1 Å². The number of nitrogens with two attached hydrogens (primary N) is 1. The summed E-state index contributed by atoms with van der Waals surface area (Å²) < 4.78 is 5.25. The molecule has 0 aromatic rings. The van der Waals surface area contributed by atoms with Crippen LogP contribution in [0.15, 0.2) is 4.99 Å². The van der Waals surface area contributed by atoms with Crippen molar-refractivity contribution in [2.75, 3.05) is 39.4 Å². The molecule has 1 amide bonds. The minimum Gasteiger partial charge on any atom is -0.378 e. The van der Waals surface area contributed by atoms with Crippen LogP contribution in [0.4, 0.5) is 0 Å². The molecule has 6 nitrogen and oxygen atoms in total. The summed E-state index contributed by atoms with van der Waals surface area (Å²) in [6.45, 7) is 9.54. The second-order valence-corrected chi connectivity index (χ2v) is 5.02. The van der Waals surface area contributed by atoms with Gasteiger partial charge in [0.05, 0.1) is 25.2 Å². The first-order chi connectivity index (χ1) is 8.47. The standard InChI is InChI=1S/C12H24N4O2.HI/c1-4-14-10(17)12(2,3)9-15-11(13)16-5-7-18-8-6-16;/h4-9H2,1-3H3,(H2,13,15)(H,14,17);1H. The predicted molar refractivity (Wildman–Crippen MR) is 86.8 cm³/mol. The highest BCUT2D eigenvalue weighted by Crippen LogP contribution is 2.15. The molecule has 1 heterocycles. The maximum atomic E-state index is 11.8. The lowest BCUT2D eigenvalue weighted by atomic mass is 9.92. The van der Waals surface area contributed by atoms with Gasteiger partial charge in [0.15, 0.2) is 5.96 Å². The van der Waals surface area contributed by atoms with E-state index in [4.69, 9.17) is 10.5 Å². The fraction of sp³-hybridized carbons (Fsp3) is 0.833. The van der Waals surface area contributed by atoms with Crippen LogP contribution >= 0.6 is 24.0 Å². The number of hydrogen-bond donors (Lipinski definition) is 2. The molecule has 0 aliphatic carbocycles. The smallest absolute Gasteiger partial charge is 0.227 e. The number of aliphatic imine (C=N–C) groups is 1. The highest BCUT2D eigenvalue weighted by Gasteiger charge is 2.27. The zero-order valence-corrected chi connectivity index (χ0v) is 14.3. The topological polar surface area (TPSA) is 80.0 Å². The van der Waals surface area contributed by atoms with Crippen molar-refractivity contribution in [3.05, 3.63) is 0 Å². The van der Waals surface area contributed by atoms with E-state index in [-0.39, 0.29) is 29.9 Å². The number of morpholine rings is 1. The van der Waals surface area contributed by atoms with Crippen molar-refractivity contribution >= 4 is 35.8 Å². The summed E-state index contributed by atoms with van der Waals surface area (Å²) in [6, 6.07) is 0. The average molecular weight is 384 g/mol. The largest absolute Gasteiger partial charge is 0.378 e. The highest BCUT2D eigenvalue weighted by atomic mass is 127. The van der Waals surface area contributed by atoms with Gasteiger partial charge in [-0.25, -0.2) is 0 Å². The van der Waals surface area contributed by atoms with Crippen molar-refractivity contribution in [1.82, 2.24) is 10.2 Å². The Balaban J connectivity index is 0.00000324. The van der Waals surface area contributed by atoms with E-state index in [0.29, 0.717) is 32.3 Å². The van der Waals surface area contributed by atoms with Crippen molar-refractivity contribution in [3.63, 3.8) is 0 Å². The van der Waals surface area contributed by atoms with Crippen LogP contribution in [0, 0.1) is 5.41 Å². The second kappa shape index (κ2) is 8.57. The molecule has 0 unspecified atom stereocenters. The summed E-state index contributed by atoms with van der Waals surface area (Å²) in [5, 5.41) is 2.81. The van der Waals surface area contributed by atoms with Gasteiger partial charge in [0, 0.05) is 19.6 Å². The first-order valence-corrected chi connectivity index (χ1v) is 6.38. The zero-order chi connectivity index (χ0) is 13.6. The SMILES string of the molecule is CCNC(=O)C(C)(C)CN=C(N)N1CCOCC1.I. The summed E-state index contributed by atoms with van der Waals surface area (Å²) in [4.78, 5) is 18.1. The first kappa shape index (κ1) is 18.4. The van der Waals surface area contributed by atoms with Crippen molar-refractivity contribution in [2.45, 2.75) is 20.8 Å². The molecule has 0 bridgehead atoms. The molecule has 0 radical (unpaired) electrons. The van der Waals surface area contributed by atoms with Gasteiger partial charge >= 0.3 is 0 Å². The number of ether oxygens (including phenoxy) is 1. The third kappa shape index (κ3) is 5.94. The lowest BCUT2D eigenvalue weighted by Gasteiger charge is -2.28. The molecule has 0 aromatic carbocycles. The lowest BCUT2D eigenvalue weighted by Crippen LogP contribution is -2.46. The van der Waals surface area contributed by atoms with Gasteiger partial charge in [-0.15, -0.1) is 24.0 Å². The number of halogens is 1. The predicted octanol–water partition coefficient (Wildman–Crippen LogP) is 0.414. The van der Waals surface area contributed by atoms with E-state index >= 15 is 0 Å². The van der Waals surface area contributed by atoms with Gasteiger partial charge in [0.25, 0.3) is 0 Å². The Morgan fingerprint density at radius 3 is 2.53 bits per heavy atom. The Morgan fingerprint density at radius 2 is 2.00 bits per heavy atom. The Hall–Kier alpha value is -0.570. The molecule has 1 rings (SSSR count). The van der Waals surface area contributed by atoms with Crippen LogP contribution in [-0.4, -0.2) is 56.2 Å². The number of carbonyl (C=O) groups excluding carboxylic acids is 1. The summed E-state index contributed by atoms with van der Waals surface area (Å²) in [5.41, 5.74) is 5.38. The molecule has 3 N–H and O–H groups in total. The molecule has 0 saturated carbocycles. The molecular weight excluding hydrogens is 359 g/mol. The number of rotatable bonds is 4. The normalized spacial score (nSPS) is 16.8. The van der Waals surface area contributed by atoms with Crippen LogP contribution in [0.5, 0.6) is 0 Å². The lowest BCUT2D eigenvalue weighted by molar-refractivity contribution is -0.128. The van der Waals surface area contributed by atoms with Crippen LogP contribution in [-0.2, 0) is 9.53 Å². The third-order valence-electron chi connectivity index (χ3n) is 2.92. The van der Waals surface area contributed by atoms with Crippen LogP contribution in [0.2, 0.25) is 0 Å². The first-order valence-electron chi connectivity index (χ1n) is 6.38. The number of carbonyl (C=O) groups is 1. The van der Waals surface area contributed by atoms with Crippen LogP contribution in [0.3, 0.4) is 0 Å². The van der Waals surface area contributed by atoms with Gasteiger partial charge < -0.3 is 20.7 Å². The van der Waals surface area contributed by atoms with Crippen molar-refractivity contribution in [3.8, 4) is 0 Å². The zero-order valence-electron chi connectivity index (χ0n) is 11.9. The van der Waals surface area contributed by atoms with E-state index in [1.54, 1.807) is 0 Å². The van der Waals surface area contributed by atoms with E-state index in [1.165, 1.54) is 0 Å². The maximum Gasteiger partial charge on any atom is 0.227 e. The van der Waals surface area contributed by atoms with Gasteiger partial charge in [-0.2, -0.15) is 0 Å². The minimum atomic E-state index is -0.535. The Morgan fingerprint density at radius 1 is 1.42 bits per heavy atom. The van der Waals surface area contributed by atoms with Crippen LogP contribution in [0.1, 0.15) is 20.8 Å². The third-order valence-corrected chi connectivity index (χ3v) is 2.92. The molecular formula is C12H25IN4O2. The van der Waals surface area contributed by atoms with Crippen LogP contribution in [0.25, 0.3) is 0 Å². The average Bonchev–Trinajstić information content (AvgIpc) is 2.37. The molecule has 0 atom stereocenters. The number of nitrogens with one attached hydrogen (secondary N) is 1. The Bertz CT molecular complexity index is 315. The highest BCUT2D eigenvalue weighted by molar-refractivity contribution is 14.0. The van der Waals surface area contributed by atoms with Gasteiger partial charge in [-0.05, 0) is 20.8 Å². The van der Waals surface area contributed by atoms with E-state index in [9.17, 15) is 4.79 Å². The Labute approximate surface area is 132 Å². The summed E-state index contributed by atoms with van der Waals surface area (Å²) in [6.07, 6.45) is 0. The number of nitrogens with zero attached hydrogens (tertiary/aromatic N) is 2. The molecule has 1 fully saturated rings. The quantitative estimate of drug-likeness (QED) is 0.418. The number of amides is 1.